The summed E-state index contributed by atoms with van der Waals surface area (Å²) in [6.07, 6.45) is 1.54. The maximum Gasteiger partial charge on any atom is 0.247 e. The Labute approximate surface area is 187 Å². The summed E-state index contributed by atoms with van der Waals surface area (Å²) in [4.78, 5) is 25.9. The number of rotatable bonds is 9. The Morgan fingerprint density at radius 2 is 1.66 bits per heavy atom. The zero-order valence-corrected chi connectivity index (χ0v) is 18.0. The highest BCUT2D eigenvalue weighted by Gasteiger charge is 2.16. The first kappa shape index (κ1) is 22.6. The van der Waals surface area contributed by atoms with Gasteiger partial charge in [-0.05, 0) is 53.6 Å². The van der Waals surface area contributed by atoms with Gasteiger partial charge in [-0.3, -0.25) is 9.59 Å². The molecule has 0 saturated heterocycles. The van der Waals surface area contributed by atoms with E-state index in [1.165, 1.54) is 13.2 Å². The highest BCUT2D eigenvalue weighted by Crippen LogP contribution is 2.28. The Kier molecular flexibility index (Phi) is 7.65. The summed E-state index contributed by atoms with van der Waals surface area (Å²) in [7, 11) is 3.00. The Balaban J connectivity index is 1.85. The Hall–Kier alpha value is -4.06. The van der Waals surface area contributed by atoms with Gasteiger partial charge in [0.25, 0.3) is 0 Å². The molecule has 0 aliphatic carbocycles. The van der Waals surface area contributed by atoms with Gasteiger partial charge in [-0.15, -0.1) is 0 Å². The lowest BCUT2D eigenvalue weighted by Gasteiger charge is -2.11. The van der Waals surface area contributed by atoms with E-state index >= 15 is 0 Å². The molecule has 0 heterocycles. The van der Waals surface area contributed by atoms with Crippen LogP contribution in [0.1, 0.15) is 27.9 Å². The van der Waals surface area contributed by atoms with Gasteiger partial charge < -0.3 is 19.9 Å². The summed E-state index contributed by atoms with van der Waals surface area (Å²) >= 11 is 0. The van der Waals surface area contributed by atoms with E-state index in [0.29, 0.717) is 29.0 Å². The minimum Gasteiger partial charge on any atom is -0.504 e. The van der Waals surface area contributed by atoms with Crippen LogP contribution >= 0.6 is 0 Å². The summed E-state index contributed by atoms with van der Waals surface area (Å²) in [6.45, 7) is 0.340. The van der Waals surface area contributed by atoms with Crippen LogP contribution in [0.25, 0.3) is 6.08 Å². The lowest BCUT2D eigenvalue weighted by atomic mass is 10.00. The van der Waals surface area contributed by atoms with Gasteiger partial charge in [0, 0.05) is 24.1 Å². The van der Waals surface area contributed by atoms with Crippen LogP contribution in [0.15, 0.2) is 78.4 Å². The zero-order chi connectivity index (χ0) is 22.9. The molecule has 3 aromatic carbocycles. The molecule has 6 nitrogen and oxygen atoms in total. The van der Waals surface area contributed by atoms with E-state index in [-0.39, 0.29) is 29.6 Å². The number of ether oxygens (including phenoxy) is 2. The number of amides is 1. The molecule has 6 heteroatoms. The second-order valence-corrected chi connectivity index (χ2v) is 7.10. The van der Waals surface area contributed by atoms with Crippen molar-refractivity contribution in [2.45, 2.75) is 13.0 Å². The number of Topliss-reactive ketones (excluding diaryl/α,β-unsaturated/α-hetero) is 1. The van der Waals surface area contributed by atoms with E-state index in [0.717, 1.165) is 5.56 Å². The first-order valence-corrected chi connectivity index (χ1v) is 10.1. The van der Waals surface area contributed by atoms with Crippen molar-refractivity contribution in [3.05, 3.63) is 95.1 Å². The normalized spacial score (nSPS) is 11.0. The molecule has 0 radical (unpaired) electrons. The fraction of sp³-hybridized carbons (Fsp3) is 0.154. The average molecular weight is 431 g/mol. The van der Waals surface area contributed by atoms with Gasteiger partial charge in [0.1, 0.15) is 5.75 Å². The number of aromatic hydroxyl groups is 1. The van der Waals surface area contributed by atoms with Crippen molar-refractivity contribution in [2.24, 2.45) is 0 Å². The van der Waals surface area contributed by atoms with Crippen LogP contribution < -0.4 is 14.8 Å². The standard InChI is InChI=1S/C26H25NO5/c1-31-22-11-9-20(10-12-22)24(29)16-21(14-19-8-13-23(28)25(15-19)32-2)26(30)27-17-18-6-4-3-5-7-18/h3-15,28H,16-17H2,1-2H3,(H,27,30)/b21-14+. The van der Waals surface area contributed by atoms with Crippen molar-refractivity contribution in [2.75, 3.05) is 14.2 Å². The highest BCUT2D eigenvalue weighted by molar-refractivity contribution is 6.07. The third kappa shape index (κ3) is 5.98. The molecular formula is C26H25NO5. The third-order valence-electron chi connectivity index (χ3n) is 4.90. The van der Waals surface area contributed by atoms with Gasteiger partial charge in [-0.2, -0.15) is 0 Å². The molecule has 1 amide bonds. The number of ketones is 1. The highest BCUT2D eigenvalue weighted by atomic mass is 16.5. The number of phenols is 1. The molecule has 0 aliphatic rings. The first-order chi connectivity index (χ1) is 15.5. The number of hydrogen-bond acceptors (Lipinski definition) is 5. The number of methoxy groups -OCH3 is 2. The zero-order valence-electron chi connectivity index (χ0n) is 18.0. The first-order valence-electron chi connectivity index (χ1n) is 10.1. The summed E-state index contributed by atoms with van der Waals surface area (Å²) in [5, 5.41) is 12.7. The molecule has 0 spiro atoms. The predicted molar refractivity (Wildman–Crippen MR) is 123 cm³/mol. The number of phenolic OH excluding ortho intramolecular Hbond substituents is 1. The van der Waals surface area contributed by atoms with Gasteiger partial charge in [-0.25, -0.2) is 0 Å². The fourth-order valence-electron chi connectivity index (χ4n) is 3.13. The van der Waals surface area contributed by atoms with Gasteiger partial charge in [0.2, 0.25) is 5.91 Å². The van der Waals surface area contributed by atoms with Crippen LogP contribution in [0, 0.1) is 0 Å². The molecule has 0 saturated carbocycles. The molecule has 32 heavy (non-hydrogen) atoms. The maximum absolute atomic E-state index is 13.0. The number of carbonyl (C=O) groups excluding carboxylic acids is 2. The number of benzene rings is 3. The van der Waals surface area contributed by atoms with Crippen molar-refractivity contribution in [1.82, 2.24) is 5.32 Å². The van der Waals surface area contributed by atoms with Crippen molar-refractivity contribution in [3.8, 4) is 17.2 Å². The van der Waals surface area contributed by atoms with Crippen molar-refractivity contribution >= 4 is 17.8 Å². The smallest absolute Gasteiger partial charge is 0.247 e. The summed E-state index contributed by atoms with van der Waals surface area (Å²) in [6, 6.07) is 21.0. The monoisotopic (exact) mass is 431 g/mol. The molecule has 3 aromatic rings. The summed E-state index contributed by atoms with van der Waals surface area (Å²) < 4.78 is 10.3. The second kappa shape index (κ2) is 10.8. The van der Waals surface area contributed by atoms with E-state index in [1.54, 1.807) is 49.6 Å². The average Bonchev–Trinajstić information content (AvgIpc) is 2.83. The van der Waals surface area contributed by atoms with Crippen molar-refractivity contribution in [3.63, 3.8) is 0 Å². The lowest BCUT2D eigenvalue weighted by Crippen LogP contribution is -2.25. The van der Waals surface area contributed by atoms with E-state index < -0.39 is 0 Å². The Morgan fingerprint density at radius 3 is 2.31 bits per heavy atom. The van der Waals surface area contributed by atoms with Crippen LogP contribution in [0.4, 0.5) is 0 Å². The van der Waals surface area contributed by atoms with Gasteiger partial charge in [-0.1, -0.05) is 36.4 Å². The fourth-order valence-corrected chi connectivity index (χ4v) is 3.13. The Bertz CT molecular complexity index is 1100. The number of nitrogens with one attached hydrogen (secondary N) is 1. The van der Waals surface area contributed by atoms with E-state index in [2.05, 4.69) is 5.32 Å². The largest absolute Gasteiger partial charge is 0.504 e. The van der Waals surface area contributed by atoms with Crippen LogP contribution in [0.3, 0.4) is 0 Å². The minimum atomic E-state index is -0.345. The third-order valence-corrected chi connectivity index (χ3v) is 4.90. The maximum atomic E-state index is 13.0. The van der Waals surface area contributed by atoms with Crippen molar-refractivity contribution in [1.29, 1.82) is 0 Å². The van der Waals surface area contributed by atoms with Crippen LogP contribution in [-0.4, -0.2) is 31.0 Å². The number of hydrogen-bond donors (Lipinski definition) is 2. The summed E-state index contributed by atoms with van der Waals surface area (Å²) in [5.41, 5.74) is 2.37. The molecule has 2 N–H and O–H groups in total. The molecular weight excluding hydrogens is 406 g/mol. The topological polar surface area (TPSA) is 84.9 Å². The predicted octanol–water partition coefficient (Wildman–Crippen LogP) is 4.38. The number of carbonyl (C=O) groups is 2. The molecule has 3 rings (SSSR count). The molecule has 0 atom stereocenters. The molecule has 0 aliphatic heterocycles. The Morgan fingerprint density at radius 1 is 0.938 bits per heavy atom. The molecule has 0 bridgehead atoms. The van der Waals surface area contributed by atoms with E-state index in [9.17, 15) is 14.7 Å². The van der Waals surface area contributed by atoms with Gasteiger partial charge in [0.05, 0.1) is 14.2 Å². The molecule has 0 aromatic heterocycles. The molecule has 0 unspecified atom stereocenters. The van der Waals surface area contributed by atoms with E-state index in [4.69, 9.17) is 9.47 Å². The second-order valence-electron chi connectivity index (χ2n) is 7.10. The van der Waals surface area contributed by atoms with Crippen LogP contribution in [0.2, 0.25) is 0 Å². The summed E-state index contributed by atoms with van der Waals surface area (Å²) in [5.74, 6) is 0.384. The quantitative estimate of drug-likeness (QED) is 0.388. The molecule has 0 fully saturated rings. The van der Waals surface area contributed by atoms with Gasteiger partial charge >= 0.3 is 0 Å². The lowest BCUT2D eigenvalue weighted by molar-refractivity contribution is -0.117. The molecule has 164 valence electrons. The van der Waals surface area contributed by atoms with Crippen LogP contribution in [0.5, 0.6) is 17.2 Å². The van der Waals surface area contributed by atoms with Crippen molar-refractivity contribution < 1.29 is 24.2 Å². The SMILES string of the molecule is COc1ccc(C(=O)C/C(=C\c2ccc(O)c(OC)c2)C(=O)NCc2ccccc2)cc1. The minimum absolute atomic E-state index is 0.00552. The van der Waals surface area contributed by atoms with Gasteiger partial charge in [0.15, 0.2) is 17.3 Å². The van der Waals surface area contributed by atoms with Crippen LogP contribution in [-0.2, 0) is 11.3 Å². The van der Waals surface area contributed by atoms with E-state index in [1.807, 2.05) is 30.3 Å².